The third kappa shape index (κ3) is 8.87. The summed E-state index contributed by atoms with van der Waals surface area (Å²) in [6, 6.07) is 7.93. The molecular weight excluding hydrogens is 260 g/mol. The van der Waals surface area contributed by atoms with Crippen LogP contribution in [0.5, 0.6) is 5.75 Å². The molecule has 1 N–H and O–H groups in total. The molecule has 0 unspecified atom stereocenters. The van der Waals surface area contributed by atoms with Crippen molar-refractivity contribution >= 4 is 0 Å². The normalized spacial score (nSPS) is 10.7. The van der Waals surface area contributed by atoms with Gasteiger partial charge in [0.15, 0.2) is 0 Å². The lowest BCUT2D eigenvalue weighted by atomic mass is 10.2. The Morgan fingerprint density at radius 3 is 1.80 bits per heavy atom. The average Bonchev–Trinajstić information content (AvgIpc) is 2.47. The van der Waals surface area contributed by atoms with Gasteiger partial charge in [-0.15, -0.1) is 0 Å². The van der Waals surface area contributed by atoms with Gasteiger partial charge in [0.25, 0.3) is 0 Å². The molecule has 5 nitrogen and oxygen atoms in total. The van der Waals surface area contributed by atoms with Gasteiger partial charge in [-0.25, -0.2) is 0 Å². The number of aryl methyl sites for hydroxylation is 1. The summed E-state index contributed by atoms with van der Waals surface area (Å²) in [7, 11) is 0. The molecule has 0 amide bonds. The Balaban J connectivity index is 1.84. The fourth-order valence-electron chi connectivity index (χ4n) is 1.46. The highest BCUT2D eigenvalue weighted by molar-refractivity contribution is 5.26. The molecule has 0 fully saturated rings. The van der Waals surface area contributed by atoms with E-state index in [2.05, 4.69) is 0 Å². The molecule has 20 heavy (non-hydrogen) atoms. The Morgan fingerprint density at radius 2 is 1.25 bits per heavy atom. The van der Waals surface area contributed by atoms with Gasteiger partial charge in [-0.2, -0.15) is 0 Å². The molecule has 0 atom stereocenters. The molecule has 0 saturated carbocycles. The van der Waals surface area contributed by atoms with Crippen LogP contribution in [-0.4, -0.2) is 58.0 Å². The molecule has 0 aliphatic heterocycles. The van der Waals surface area contributed by atoms with Gasteiger partial charge in [0.2, 0.25) is 0 Å². The molecule has 0 radical (unpaired) electrons. The first kappa shape index (κ1) is 16.9. The fraction of sp³-hybridized carbons (Fsp3) is 0.600. The lowest BCUT2D eigenvalue weighted by molar-refractivity contribution is 0.00361. The van der Waals surface area contributed by atoms with Crippen LogP contribution in [0.3, 0.4) is 0 Å². The summed E-state index contributed by atoms with van der Waals surface area (Å²) in [6.07, 6.45) is 0. The molecule has 0 aliphatic carbocycles. The third-order valence-corrected chi connectivity index (χ3v) is 2.50. The summed E-state index contributed by atoms with van der Waals surface area (Å²) in [5.41, 5.74) is 1.22. The van der Waals surface area contributed by atoms with E-state index in [1.54, 1.807) is 0 Å². The number of hydrogen-bond acceptors (Lipinski definition) is 5. The van der Waals surface area contributed by atoms with E-state index < -0.39 is 0 Å². The van der Waals surface area contributed by atoms with Crippen molar-refractivity contribution in [2.45, 2.75) is 6.92 Å². The van der Waals surface area contributed by atoms with Crippen molar-refractivity contribution in [3.63, 3.8) is 0 Å². The maximum atomic E-state index is 8.49. The zero-order valence-electron chi connectivity index (χ0n) is 12.0. The van der Waals surface area contributed by atoms with E-state index in [1.807, 2.05) is 31.2 Å². The molecule has 114 valence electrons. The Kier molecular flexibility index (Phi) is 9.87. The van der Waals surface area contributed by atoms with Crippen LogP contribution >= 0.6 is 0 Å². The number of rotatable bonds is 12. The van der Waals surface area contributed by atoms with Gasteiger partial charge < -0.3 is 24.1 Å². The van der Waals surface area contributed by atoms with Crippen molar-refractivity contribution in [1.29, 1.82) is 0 Å². The highest BCUT2D eigenvalue weighted by Gasteiger charge is 1.94. The minimum Gasteiger partial charge on any atom is -0.491 e. The van der Waals surface area contributed by atoms with Gasteiger partial charge in [-0.05, 0) is 19.1 Å². The summed E-state index contributed by atoms with van der Waals surface area (Å²) < 4.78 is 21.2. The predicted octanol–water partition coefficient (Wildman–Crippen LogP) is 1.42. The van der Waals surface area contributed by atoms with Crippen LogP contribution in [0, 0.1) is 6.92 Å². The number of aliphatic hydroxyl groups is 1. The second-order valence-electron chi connectivity index (χ2n) is 4.22. The van der Waals surface area contributed by atoms with Crippen molar-refractivity contribution in [2.24, 2.45) is 0 Å². The first-order valence-electron chi connectivity index (χ1n) is 6.86. The largest absolute Gasteiger partial charge is 0.491 e. The van der Waals surface area contributed by atoms with Crippen molar-refractivity contribution in [1.82, 2.24) is 0 Å². The molecule has 0 spiro atoms. The summed E-state index contributed by atoms with van der Waals surface area (Å²) in [5.74, 6) is 0.858. The Labute approximate surface area is 120 Å². The van der Waals surface area contributed by atoms with E-state index in [-0.39, 0.29) is 6.61 Å². The molecule has 1 aromatic carbocycles. The highest BCUT2D eigenvalue weighted by atomic mass is 16.6. The molecule has 1 rings (SSSR count). The van der Waals surface area contributed by atoms with Gasteiger partial charge in [0, 0.05) is 0 Å². The summed E-state index contributed by atoms with van der Waals surface area (Å²) in [4.78, 5) is 0. The van der Waals surface area contributed by atoms with E-state index in [9.17, 15) is 0 Å². The zero-order valence-corrected chi connectivity index (χ0v) is 12.0. The van der Waals surface area contributed by atoms with Crippen molar-refractivity contribution in [3.8, 4) is 5.75 Å². The smallest absolute Gasteiger partial charge is 0.119 e. The van der Waals surface area contributed by atoms with E-state index in [1.165, 1.54) is 5.56 Å². The first-order chi connectivity index (χ1) is 9.83. The van der Waals surface area contributed by atoms with Gasteiger partial charge in [0.1, 0.15) is 12.4 Å². The number of benzene rings is 1. The van der Waals surface area contributed by atoms with Crippen LogP contribution in [0.1, 0.15) is 5.56 Å². The van der Waals surface area contributed by atoms with Gasteiger partial charge in [-0.1, -0.05) is 17.7 Å². The molecule has 5 heteroatoms. The summed E-state index contributed by atoms with van der Waals surface area (Å²) in [5, 5.41) is 8.49. The SMILES string of the molecule is Cc1ccc(OCCOCCOCCOCCO)cc1. The molecule has 0 bridgehead atoms. The van der Waals surface area contributed by atoms with Gasteiger partial charge >= 0.3 is 0 Å². The van der Waals surface area contributed by atoms with Crippen molar-refractivity contribution in [2.75, 3.05) is 52.9 Å². The second kappa shape index (κ2) is 11.7. The standard InChI is InChI=1S/C15H24O5/c1-14-2-4-15(5-3-14)20-13-12-19-11-10-18-9-8-17-7-6-16/h2-5,16H,6-13H2,1H3. The van der Waals surface area contributed by atoms with Crippen LogP contribution in [-0.2, 0) is 14.2 Å². The Bertz CT molecular complexity index is 326. The number of hydrogen-bond donors (Lipinski definition) is 1. The van der Waals surface area contributed by atoms with Crippen LogP contribution < -0.4 is 4.74 Å². The summed E-state index contributed by atoms with van der Waals surface area (Å²) >= 11 is 0. The number of ether oxygens (including phenoxy) is 4. The second-order valence-corrected chi connectivity index (χ2v) is 4.22. The minimum absolute atomic E-state index is 0.0457. The number of aliphatic hydroxyl groups excluding tert-OH is 1. The van der Waals surface area contributed by atoms with Gasteiger partial charge in [-0.3, -0.25) is 0 Å². The fourth-order valence-corrected chi connectivity index (χ4v) is 1.46. The van der Waals surface area contributed by atoms with Crippen LogP contribution in [0.4, 0.5) is 0 Å². The zero-order chi connectivity index (χ0) is 14.5. The van der Waals surface area contributed by atoms with E-state index in [0.717, 1.165) is 5.75 Å². The topological polar surface area (TPSA) is 57.2 Å². The lowest BCUT2D eigenvalue weighted by Crippen LogP contribution is -2.13. The first-order valence-corrected chi connectivity index (χ1v) is 6.86. The maximum Gasteiger partial charge on any atom is 0.119 e. The average molecular weight is 284 g/mol. The monoisotopic (exact) mass is 284 g/mol. The highest BCUT2D eigenvalue weighted by Crippen LogP contribution is 2.10. The minimum atomic E-state index is 0.0457. The van der Waals surface area contributed by atoms with Gasteiger partial charge in [0.05, 0.1) is 46.2 Å². The van der Waals surface area contributed by atoms with Crippen molar-refractivity contribution < 1.29 is 24.1 Å². The molecule has 0 heterocycles. The third-order valence-electron chi connectivity index (χ3n) is 2.50. The quantitative estimate of drug-likeness (QED) is 0.588. The molecule has 0 aliphatic rings. The van der Waals surface area contributed by atoms with Crippen LogP contribution in [0.2, 0.25) is 0 Å². The molecule has 0 saturated heterocycles. The molecule has 0 aromatic heterocycles. The van der Waals surface area contributed by atoms with E-state index >= 15 is 0 Å². The Hall–Kier alpha value is -1.14. The molecular formula is C15H24O5. The summed E-state index contributed by atoms with van der Waals surface area (Å²) in [6.45, 7) is 5.60. The van der Waals surface area contributed by atoms with Crippen LogP contribution in [0.15, 0.2) is 24.3 Å². The maximum absolute atomic E-state index is 8.49. The predicted molar refractivity (Wildman–Crippen MR) is 76.2 cm³/mol. The van der Waals surface area contributed by atoms with Crippen LogP contribution in [0.25, 0.3) is 0 Å². The Morgan fingerprint density at radius 1 is 0.750 bits per heavy atom. The molecule has 1 aromatic rings. The van der Waals surface area contributed by atoms with E-state index in [4.69, 9.17) is 24.1 Å². The van der Waals surface area contributed by atoms with E-state index in [0.29, 0.717) is 46.2 Å². The lowest BCUT2D eigenvalue weighted by Gasteiger charge is -2.08. The van der Waals surface area contributed by atoms with Crippen molar-refractivity contribution in [3.05, 3.63) is 29.8 Å².